The van der Waals surface area contributed by atoms with Crippen LogP contribution in [0.25, 0.3) is 11.1 Å². The Morgan fingerprint density at radius 2 is 1.67 bits per heavy atom. The molecule has 1 saturated heterocycles. The fourth-order valence-corrected chi connectivity index (χ4v) is 6.80. The number of aryl methyl sites for hydroxylation is 1. The number of urea groups is 1. The van der Waals surface area contributed by atoms with E-state index in [1.165, 1.54) is 7.11 Å². The van der Waals surface area contributed by atoms with Crippen LogP contribution in [0.1, 0.15) is 46.6 Å². The van der Waals surface area contributed by atoms with Gasteiger partial charge >= 0.3 is 12.0 Å². The quantitative estimate of drug-likeness (QED) is 0.101. The molecule has 1 aliphatic rings. The van der Waals surface area contributed by atoms with E-state index >= 15 is 0 Å². The van der Waals surface area contributed by atoms with Gasteiger partial charge in [0.25, 0.3) is 0 Å². The van der Waals surface area contributed by atoms with Crippen LogP contribution in [0.5, 0.6) is 0 Å². The molecule has 1 fully saturated rings. The van der Waals surface area contributed by atoms with Gasteiger partial charge in [0.1, 0.15) is 12.4 Å². The predicted molar refractivity (Wildman–Crippen MR) is 193 cm³/mol. The van der Waals surface area contributed by atoms with Crippen molar-refractivity contribution in [1.82, 2.24) is 25.4 Å². The van der Waals surface area contributed by atoms with Crippen LogP contribution in [0.4, 0.5) is 4.79 Å². The van der Waals surface area contributed by atoms with Crippen LogP contribution in [0.15, 0.2) is 115 Å². The number of nitrogens with one attached hydrogen (secondary N) is 2. The molecule has 3 N–H and O–H groups in total. The van der Waals surface area contributed by atoms with Crippen molar-refractivity contribution in [2.24, 2.45) is 7.05 Å². The van der Waals surface area contributed by atoms with Gasteiger partial charge in [-0.25, -0.2) is 9.59 Å². The molecule has 0 bridgehead atoms. The van der Waals surface area contributed by atoms with Gasteiger partial charge in [0, 0.05) is 37.8 Å². The zero-order valence-corrected chi connectivity index (χ0v) is 29.3. The highest BCUT2D eigenvalue weighted by molar-refractivity contribution is 7.99. The summed E-state index contributed by atoms with van der Waals surface area (Å²) in [5.41, 5.74) is 6.49. The maximum atomic E-state index is 12.9. The molecule has 51 heavy (non-hydrogen) atoms. The second-order valence-corrected chi connectivity index (χ2v) is 13.3. The molecule has 1 aromatic heterocycles. The zero-order chi connectivity index (χ0) is 35.6. The van der Waals surface area contributed by atoms with Crippen molar-refractivity contribution in [2.75, 3.05) is 12.9 Å². The predicted octanol–water partition coefficient (Wildman–Crippen LogP) is 5.90. The molecule has 6 rings (SSSR count). The lowest BCUT2D eigenvalue weighted by molar-refractivity contribution is -0.245. The Morgan fingerprint density at radius 1 is 0.922 bits per heavy atom. The highest BCUT2D eigenvalue weighted by atomic mass is 32.2. The van der Waals surface area contributed by atoms with Gasteiger partial charge in [0.15, 0.2) is 11.4 Å². The first-order valence-electron chi connectivity index (χ1n) is 16.7. The summed E-state index contributed by atoms with van der Waals surface area (Å²) in [6.07, 6.45) is 1.72. The lowest BCUT2D eigenvalue weighted by atomic mass is 9.99. The molecule has 4 atom stereocenters. The number of esters is 1. The van der Waals surface area contributed by atoms with Crippen molar-refractivity contribution in [3.8, 4) is 11.1 Å². The molecule has 12 heteroatoms. The van der Waals surface area contributed by atoms with Gasteiger partial charge in [0.05, 0.1) is 25.9 Å². The van der Waals surface area contributed by atoms with E-state index in [0.717, 1.165) is 44.1 Å². The number of aromatic nitrogens is 3. The molecule has 1 aliphatic heterocycles. The number of benzene rings is 4. The summed E-state index contributed by atoms with van der Waals surface area (Å²) in [4.78, 5) is 25.2. The van der Waals surface area contributed by atoms with E-state index in [9.17, 15) is 14.7 Å². The largest absolute Gasteiger partial charge is 0.467 e. The third kappa shape index (κ3) is 9.62. The highest BCUT2D eigenvalue weighted by Gasteiger charge is 2.33. The van der Waals surface area contributed by atoms with Crippen LogP contribution in [-0.2, 0) is 45.6 Å². The Kier molecular flexibility index (Phi) is 12.1. The first-order chi connectivity index (χ1) is 24.9. The summed E-state index contributed by atoms with van der Waals surface area (Å²) < 4.78 is 19.9. The number of aliphatic hydroxyl groups is 1. The number of methoxy groups -OCH3 is 1. The molecule has 2 amide bonds. The number of hydrogen-bond acceptors (Lipinski definition) is 9. The van der Waals surface area contributed by atoms with Crippen molar-refractivity contribution < 1.29 is 28.9 Å². The SMILES string of the molecule is COC(=O)[C@H](Cc1ccccc1)NC(=O)NCc1cccc(-c2cccc([C@H]3O[C@@H](CSc4nncn4C)C[C@@H](c4ccc(CO)cc4)O3)c2)c1. The minimum Gasteiger partial charge on any atom is -0.467 e. The Labute approximate surface area is 301 Å². The van der Waals surface area contributed by atoms with Crippen LogP contribution in [0.3, 0.4) is 0 Å². The van der Waals surface area contributed by atoms with Crippen LogP contribution in [-0.4, -0.2) is 56.9 Å². The summed E-state index contributed by atoms with van der Waals surface area (Å²) >= 11 is 1.59. The number of amides is 2. The third-order valence-corrected chi connectivity index (χ3v) is 9.80. The maximum absolute atomic E-state index is 12.9. The maximum Gasteiger partial charge on any atom is 0.328 e. The summed E-state index contributed by atoms with van der Waals surface area (Å²) in [6, 6.07) is 32.0. The lowest BCUT2D eigenvalue weighted by Gasteiger charge is -2.36. The molecule has 4 aromatic carbocycles. The zero-order valence-electron chi connectivity index (χ0n) is 28.5. The Morgan fingerprint density at radius 3 is 2.39 bits per heavy atom. The Hall–Kier alpha value is -5.01. The molecular formula is C39H41N5O6S. The van der Waals surface area contributed by atoms with Gasteiger partial charge in [-0.1, -0.05) is 103 Å². The number of aliphatic hydroxyl groups excluding tert-OH is 1. The van der Waals surface area contributed by atoms with Gasteiger partial charge in [-0.15, -0.1) is 10.2 Å². The molecule has 11 nitrogen and oxygen atoms in total. The van der Waals surface area contributed by atoms with Gasteiger partial charge in [-0.2, -0.15) is 0 Å². The van der Waals surface area contributed by atoms with E-state index < -0.39 is 24.3 Å². The second-order valence-electron chi connectivity index (χ2n) is 12.3. The second kappa shape index (κ2) is 17.3. The monoisotopic (exact) mass is 707 g/mol. The normalized spacial score (nSPS) is 17.7. The van der Waals surface area contributed by atoms with E-state index in [0.29, 0.717) is 18.6 Å². The number of carbonyl (C=O) groups is 2. The highest BCUT2D eigenvalue weighted by Crippen LogP contribution is 2.40. The summed E-state index contributed by atoms with van der Waals surface area (Å²) in [7, 11) is 3.22. The van der Waals surface area contributed by atoms with Crippen molar-refractivity contribution in [3.63, 3.8) is 0 Å². The van der Waals surface area contributed by atoms with Crippen LogP contribution >= 0.6 is 11.8 Å². The lowest BCUT2D eigenvalue weighted by Crippen LogP contribution is -2.47. The van der Waals surface area contributed by atoms with E-state index in [4.69, 9.17) is 14.2 Å². The topological polar surface area (TPSA) is 137 Å². The molecule has 0 saturated carbocycles. The fraction of sp³-hybridized carbons (Fsp3) is 0.282. The molecule has 0 unspecified atom stereocenters. The molecule has 0 spiro atoms. The van der Waals surface area contributed by atoms with Crippen molar-refractivity contribution in [3.05, 3.63) is 137 Å². The molecule has 0 aliphatic carbocycles. The molecule has 264 valence electrons. The van der Waals surface area contributed by atoms with Crippen molar-refractivity contribution >= 4 is 23.8 Å². The van der Waals surface area contributed by atoms with E-state index in [1.54, 1.807) is 18.1 Å². The molecule has 0 radical (unpaired) electrons. The Balaban J connectivity index is 1.14. The minimum absolute atomic E-state index is 0.0175. The van der Waals surface area contributed by atoms with Gasteiger partial charge in [-0.05, 0) is 45.5 Å². The third-order valence-electron chi connectivity index (χ3n) is 8.63. The average Bonchev–Trinajstić information content (AvgIpc) is 3.60. The minimum atomic E-state index is -0.819. The Bertz CT molecular complexity index is 1900. The number of thioether (sulfide) groups is 1. The fourth-order valence-electron chi connectivity index (χ4n) is 5.90. The van der Waals surface area contributed by atoms with Crippen LogP contribution < -0.4 is 10.6 Å². The number of carbonyl (C=O) groups excluding carboxylic acids is 2. The number of hydrogen-bond donors (Lipinski definition) is 3. The standard InChI is InChI=1S/C39H41N5O6S/c1-44-25-41-43-39(44)51-24-33-21-35(29-16-14-27(23-45)15-17-29)50-37(49-33)32-13-7-12-31(20-32)30-11-6-10-28(18-30)22-40-38(47)42-34(36(46)48-2)19-26-8-4-3-5-9-26/h3-18,20,25,33-35,37,45H,19,21-24H2,1-2H3,(H2,40,42,47)/t33-,34+,35+,37+/m1/s1. The van der Waals surface area contributed by atoms with Crippen LogP contribution in [0.2, 0.25) is 0 Å². The summed E-state index contributed by atoms with van der Waals surface area (Å²) in [6.45, 7) is 0.242. The number of ether oxygens (including phenoxy) is 3. The van der Waals surface area contributed by atoms with Crippen LogP contribution in [0, 0.1) is 0 Å². The summed E-state index contributed by atoms with van der Waals surface area (Å²) in [5.74, 6) is 0.162. The smallest absolute Gasteiger partial charge is 0.328 e. The van der Waals surface area contributed by atoms with Crippen molar-refractivity contribution in [2.45, 2.75) is 55.7 Å². The first kappa shape index (κ1) is 35.8. The van der Waals surface area contributed by atoms with Gasteiger partial charge in [0.2, 0.25) is 0 Å². The molecule has 2 heterocycles. The van der Waals surface area contributed by atoms with E-state index in [-0.39, 0.29) is 25.4 Å². The van der Waals surface area contributed by atoms with Gasteiger partial charge < -0.3 is 34.5 Å². The number of nitrogens with zero attached hydrogens (tertiary/aromatic N) is 3. The molecular weight excluding hydrogens is 667 g/mol. The van der Waals surface area contributed by atoms with Gasteiger partial charge in [-0.3, -0.25) is 0 Å². The number of rotatable bonds is 13. The first-order valence-corrected chi connectivity index (χ1v) is 17.7. The average molecular weight is 708 g/mol. The molecule has 5 aromatic rings. The van der Waals surface area contributed by atoms with Crippen molar-refractivity contribution in [1.29, 1.82) is 0 Å². The summed E-state index contributed by atoms with van der Waals surface area (Å²) in [5, 5.41) is 24.2. The van der Waals surface area contributed by atoms with E-state index in [2.05, 4.69) is 26.9 Å². The van der Waals surface area contributed by atoms with E-state index in [1.807, 2.05) is 109 Å².